The van der Waals surface area contributed by atoms with Crippen LogP contribution in [-0.2, 0) is 25.7 Å². The van der Waals surface area contributed by atoms with E-state index in [1.54, 1.807) is 6.20 Å². The number of para-hydroxylation sites is 1. The number of benzene rings is 1. The molecular formula is C34H35N5. The Morgan fingerprint density at radius 3 is 1.82 bits per heavy atom. The molecule has 0 fully saturated rings. The standard InChI is InChI=1S/C9H11N.C9H7N.C8H8N2.C8H9N/c2*1-2-6-9-8(4-1)5-3-7-10-9;1-6-5-7-3-2-4-9-8(7)10-6;1-3-7-4-2-6-9-8(7)5-1/h3,5,7H,1-2,4,6H2;1-7H;2-5H,1H3,(H,9,10);2,4,6H,1,3,5H2. The second kappa shape index (κ2) is 13.4. The van der Waals surface area contributed by atoms with Crippen molar-refractivity contribution < 1.29 is 0 Å². The number of pyridine rings is 4. The molecule has 5 nitrogen and oxygen atoms in total. The van der Waals surface area contributed by atoms with Crippen molar-refractivity contribution in [3.63, 3.8) is 0 Å². The third-order valence-corrected chi connectivity index (χ3v) is 6.98. The zero-order valence-corrected chi connectivity index (χ0v) is 22.6. The van der Waals surface area contributed by atoms with Crippen LogP contribution in [0.4, 0.5) is 0 Å². The Bertz CT molecular complexity index is 1470. The first-order chi connectivity index (χ1) is 19.3. The fourth-order valence-electron chi connectivity index (χ4n) is 5.01. The van der Waals surface area contributed by atoms with Gasteiger partial charge < -0.3 is 4.98 Å². The number of nitrogens with zero attached hydrogens (tertiary/aromatic N) is 4. The van der Waals surface area contributed by atoms with Crippen molar-refractivity contribution in [2.45, 2.75) is 51.9 Å². The van der Waals surface area contributed by atoms with Gasteiger partial charge in [-0.15, -0.1) is 0 Å². The minimum Gasteiger partial charge on any atom is -0.344 e. The third kappa shape index (κ3) is 7.35. The summed E-state index contributed by atoms with van der Waals surface area (Å²) in [7, 11) is 0. The number of hydrogen-bond donors (Lipinski definition) is 1. The second-order valence-electron chi connectivity index (χ2n) is 9.87. The van der Waals surface area contributed by atoms with E-state index in [9.17, 15) is 0 Å². The van der Waals surface area contributed by atoms with Gasteiger partial charge in [-0.25, -0.2) is 4.98 Å². The van der Waals surface area contributed by atoms with Crippen LogP contribution in [0.5, 0.6) is 0 Å². The van der Waals surface area contributed by atoms with Crippen molar-refractivity contribution in [2.75, 3.05) is 0 Å². The molecule has 5 aromatic heterocycles. The van der Waals surface area contributed by atoms with Crippen molar-refractivity contribution in [3.05, 3.63) is 132 Å². The topological polar surface area (TPSA) is 67.3 Å². The van der Waals surface area contributed by atoms with Crippen LogP contribution in [0.25, 0.3) is 21.9 Å². The average molecular weight is 514 g/mol. The summed E-state index contributed by atoms with van der Waals surface area (Å²) in [6, 6.07) is 26.6. The lowest BCUT2D eigenvalue weighted by Crippen LogP contribution is -2.03. The Hall–Kier alpha value is -4.38. The van der Waals surface area contributed by atoms with E-state index in [0.717, 1.165) is 16.9 Å². The molecule has 0 aliphatic heterocycles. The van der Waals surface area contributed by atoms with E-state index in [0.29, 0.717) is 0 Å². The van der Waals surface area contributed by atoms with Crippen molar-refractivity contribution in [1.29, 1.82) is 0 Å². The van der Waals surface area contributed by atoms with Gasteiger partial charge in [0.25, 0.3) is 0 Å². The molecule has 196 valence electrons. The molecule has 0 atom stereocenters. The first kappa shape index (κ1) is 26.2. The molecule has 0 unspecified atom stereocenters. The monoisotopic (exact) mass is 513 g/mol. The molecule has 1 aromatic carbocycles. The maximum Gasteiger partial charge on any atom is 0.137 e. The summed E-state index contributed by atoms with van der Waals surface area (Å²) in [6.45, 7) is 2.03. The molecule has 0 radical (unpaired) electrons. The minimum atomic E-state index is 0.972. The summed E-state index contributed by atoms with van der Waals surface area (Å²) < 4.78 is 0. The van der Waals surface area contributed by atoms with Gasteiger partial charge in [-0.05, 0) is 105 Å². The van der Waals surface area contributed by atoms with Crippen LogP contribution in [0.2, 0.25) is 0 Å². The molecule has 2 aliphatic carbocycles. The normalized spacial score (nSPS) is 13.1. The SMILES string of the molecule is Cc1cc2cccnc2[nH]1.c1ccc2ncccc2c1.c1cnc2c(c1)CCC2.c1cnc2c(c1)CCCC2. The molecule has 5 heterocycles. The van der Waals surface area contributed by atoms with E-state index < -0.39 is 0 Å². The largest absolute Gasteiger partial charge is 0.344 e. The van der Waals surface area contributed by atoms with E-state index >= 15 is 0 Å². The summed E-state index contributed by atoms with van der Waals surface area (Å²) in [5.41, 5.74) is 8.76. The zero-order valence-electron chi connectivity index (χ0n) is 22.6. The fourth-order valence-corrected chi connectivity index (χ4v) is 5.01. The molecule has 1 N–H and O–H groups in total. The second-order valence-corrected chi connectivity index (χ2v) is 9.87. The van der Waals surface area contributed by atoms with Gasteiger partial charge in [-0.2, -0.15) is 0 Å². The van der Waals surface area contributed by atoms with Crippen molar-refractivity contribution in [1.82, 2.24) is 24.9 Å². The van der Waals surface area contributed by atoms with Gasteiger partial charge in [-0.3, -0.25) is 15.0 Å². The van der Waals surface area contributed by atoms with Crippen molar-refractivity contribution >= 4 is 21.9 Å². The maximum absolute atomic E-state index is 4.32. The van der Waals surface area contributed by atoms with E-state index in [4.69, 9.17) is 0 Å². The third-order valence-electron chi connectivity index (χ3n) is 6.98. The van der Waals surface area contributed by atoms with E-state index in [-0.39, 0.29) is 0 Å². The Labute approximate surface area is 230 Å². The van der Waals surface area contributed by atoms with Gasteiger partial charge in [0.05, 0.1) is 5.52 Å². The lowest BCUT2D eigenvalue weighted by atomic mass is 9.96. The molecule has 0 saturated carbocycles. The summed E-state index contributed by atoms with van der Waals surface area (Å²) in [5.74, 6) is 0. The molecule has 8 rings (SSSR count). The molecule has 5 heteroatoms. The molecule has 6 aromatic rings. The van der Waals surface area contributed by atoms with E-state index in [1.807, 2.05) is 74.0 Å². The summed E-state index contributed by atoms with van der Waals surface area (Å²) in [4.78, 5) is 20.1. The van der Waals surface area contributed by atoms with Gasteiger partial charge in [0.1, 0.15) is 5.65 Å². The van der Waals surface area contributed by atoms with Crippen LogP contribution in [0.3, 0.4) is 0 Å². The number of aromatic nitrogens is 5. The summed E-state index contributed by atoms with van der Waals surface area (Å²) >= 11 is 0. The Morgan fingerprint density at radius 1 is 0.538 bits per heavy atom. The van der Waals surface area contributed by atoms with Gasteiger partial charge in [0.15, 0.2) is 0 Å². The minimum absolute atomic E-state index is 0.972. The molecule has 39 heavy (non-hydrogen) atoms. The van der Waals surface area contributed by atoms with Crippen LogP contribution in [0.15, 0.2) is 104 Å². The van der Waals surface area contributed by atoms with Gasteiger partial charge in [0, 0.05) is 52.6 Å². The average Bonchev–Trinajstić information content (AvgIpc) is 3.64. The lowest BCUT2D eigenvalue weighted by Gasteiger charge is -2.12. The highest BCUT2D eigenvalue weighted by atomic mass is 14.8. The molecule has 2 aliphatic rings. The maximum atomic E-state index is 4.32. The number of nitrogens with one attached hydrogen (secondary N) is 1. The smallest absolute Gasteiger partial charge is 0.137 e. The Kier molecular flexibility index (Phi) is 9.03. The van der Waals surface area contributed by atoms with Crippen LogP contribution in [-0.4, -0.2) is 24.9 Å². The first-order valence-electron chi connectivity index (χ1n) is 13.8. The highest BCUT2D eigenvalue weighted by molar-refractivity contribution is 5.77. The number of aryl methyl sites for hydroxylation is 5. The molecule has 0 amide bonds. The molecule has 0 bridgehead atoms. The number of fused-ring (bicyclic) bond motifs is 4. The highest BCUT2D eigenvalue weighted by Gasteiger charge is 2.09. The predicted molar refractivity (Wildman–Crippen MR) is 160 cm³/mol. The molecule has 0 saturated heterocycles. The summed E-state index contributed by atoms with van der Waals surface area (Å²) in [6.07, 6.45) is 16.2. The number of aromatic amines is 1. The predicted octanol–water partition coefficient (Wildman–Crippen LogP) is 7.64. The number of rotatable bonds is 0. The van der Waals surface area contributed by atoms with Gasteiger partial charge in [0.2, 0.25) is 0 Å². The quantitative estimate of drug-likeness (QED) is 0.227. The van der Waals surface area contributed by atoms with Crippen LogP contribution >= 0.6 is 0 Å². The van der Waals surface area contributed by atoms with Crippen molar-refractivity contribution in [3.8, 4) is 0 Å². The first-order valence-corrected chi connectivity index (χ1v) is 13.8. The summed E-state index contributed by atoms with van der Waals surface area (Å²) in [5, 5.41) is 2.38. The van der Waals surface area contributed by atoms with Crippen LogP contribution in [0, 0.1) is 6.92 Å². The van der Waals surface area contributed by atoms with E-state index in [1.165, 1.54) is 78.2 Å². The zero-order chi connectivity index (χ0) is 26.7. The number of hydrogen-bond acceptors (Lipinski definition) is 4. The number of H-pyrrole nitrogens is 1. The van der Waals surface area contributed by atoms with Crippen LogP contribution < -0.4 is 0 Å². The van der Waals surface area contributed by atoms with Gasteiger partial charge in [-0.1, -0.05) is 36.4 Å². The Balaban J connectivity index is 0.000000105. The van der Waals surface area contributed by atoms with Crippen LogP contribution in [0.1, 0.15) is 47.5 Å². The van der Waals surface area contributed by atoms with Gasteiger partial charge >= 0.3 is 0 Å². The molecule has 0 spiro atoms. The Morgan fingerprint density at radius 2 is 1.10 bits per heavy atom. The fraction of sp³-hybridized carbons (Fsp3) is 0.235. The highest BCUT2D eigenvalue weighted by Crippen LogP contribution is 2.18. The lowest BCUT2D eigenvalue weighted by molar-refractivity contribution is 0.668. The van der Waals surface area contributed by atoms with Crippen molar-refractivity contribution in [2.24, 2.45) is 0 Å². The molecular weight excluding hydrogens is 478 g/mol. The van der Waals surface area contributed by atoms with E-state index in [2.05, 4.69) is 55.3 Å².